The van der Waals surface area contributed by atoms with Gasteiger partial charge in [0.05, 0.1) is 0 Å². The van der Waals surface area contributed by atoms with E-state index in [4.69, 9.17) is 10.6 Å². The van der Waals surface area contributed by atoms with E-state index in [2.05, 4.69) is 23.4 Å². The molecule has 94 valence electrons. The number of nitrogens with two attached hydrogens (primary N) is 1. The van der Waals surface area contributed by atoms with Crippen LogP contribution in [0.5, 0.6) is 11.6 Å². The van der Waals surface area contributed by atoms with Crippen molar-refractivity contribution in [1.82, 2.24) is 4.98 Å². The number of aryl methyl sites for hydroxylation is 2. The summed E-state index contributed by atoms with van der Waals surface area (Å²) in [6.07, 6.45) is 0. The molecule has 0 atom stereocenters. The van der Waals surface area contributed by atoms with Crippen molar-refractivity contribution in [2.75, 3.05) is 5.43 Å². The van der Waals surface area contributed by atoms with Crippen molar-refractivity contribution >= 4 is 5.82 Å². The summed E-state index contributed by atoms with van der Waals surface area (Å²) < 4.78 is 5.81. The minimum absolute atomic E-state index is 0.526. The van der Waals surface area contributed by atoms with Gasteiger partial charge in [-0.2, -0.15) is 4.98 Å². The van der Waals surface area contributed by atoms with Gasteiger partial charge in [0.25, 0.3) is 0 Å². The Kier molecular flexibility index (Phi) is 3.48. The maximum absolute atomic E-state index is 5.81. The van der Waals surface area contributed by atoms with Crippen LogP contribution in [0.3, 0.4) is 0 Å². The van der Waals surface area contributed by atoms with Gasteiger partial charge in [-0.1, -0.05) is 12.1 Å². The van der Waals surface area contributed by atoms with E-state index in [9.17, 15) is 0 Å². The van der Waals surface area contributed by atoms with Gasteiger partial charge in [-0.05, 0) is 49.6 Å². The molecule has 0 aliphatic carbocycles. The average molecular weight is 243 g/mol. The fraction of sp³-hybridized carbons (Fsp3) is 0.214. The molecule has 0 bridgehead atoms. The third kappa shape index (κ3) is 2.60. The number of nitrogens with one attached hydrogen (secondary N) is 1. The van der Waals surface area contributed by atoms with Crippen LogP contribution in [0.4, 0.5) is 5.82 Å². The van der Waals surface area contributed by atoms with Crippen molar-refractivity contribution in [2.24, 2.45) is 5.84 Å². The molecule has 0 saturated carbocycles. The highest BCUT2D eigenvalue weighted by molar-refractivity contribution is 5.44. The number of rotatable bonds is 3. The molecule has 1 heterocycles. The van der Waals surface area contributed by atoms with Gasteiger partial charge >= 0.3 is 0 Å². The van der Waals surface area contributed by atoms with Gasteiger partial charge in [-0.25, -0.2) is 5.84 Å². The van der Waals surface area contributed by atoms with E-state index in [0.717, 1.165) is 11.3 Å². The number of nitrogens with zero attached hydrogens (tertiary/aromatic N) is 1. The molecule has 0 amide bonds. The quantitative estimate of drug-likeness (QED) is 0.642. The number of pyridine rings is 1. The van der Waals surface area contributed by atoms with Crippen LogP contribution in [0.15, 0.2) is 30.3 Å². The Morgan fingerprint density at radius 3 is 2.67 bits per heavy atom. The van der Waals surface area contributed by atoms with Crippen LogP contribution < -0.4 is 16.0 Å². The molecule has 0 unspecified atom stereocenters. The zero-order valence-corrected chi connectivity index (χ0v) is 10.8. The molecular formula is C14H17N3O. The summed E-state index contributed by atoms with van der Waals surface area (Å²) in [7, 11) is 0. The van der Waals surface area contributed by atoms with E-state index in [1.807, 2.05) is 26.0 Å². The molecule has 18 heavy (non-hydrogen) atoms. The van der Waals surface area contributed by atoms with E-state index in [1.165, 1.54) is 11.1 Å². The fourth-order valence-corrected chi connectivity index (χ4v) is 1.77. The summed E-state index contributed by atoms with van der Waals surface area (Å²) in [5, 5.41) is 0. The first-order valence-corrected chi connectivity index (χ1v) is 5.79. The number of hydrogen-bond acceptors (Lipinski definition) is 4. The number of hydrogen-bond donors (Lipinski definition) is 2. The van der Waals surface area contributed by atoms with Crippen LogP contribution in [0, 0.1) is 20.8 Å². The first-order chi connectivity index (χ1) is 8.60. The van der Waals surface area contributed by atoms with Crippen molar-refractivity contribution in [3.63, 3.8) is 0 Å². The van der Waals surface area contributed by atoms with Crippen molar-refractivity contribution in [1.29, 1.82) is 0 Å². The second-order valence-electron chi connectivity index (χ2n) is 4.31. The Morgan fingerprint density at radius 1 is 1.17 bits per heavy atom. The lowest BCUT2D eigenvalue weighted by Crippen LogP contribution is -2.08. The van der Waals surface area contributed by atoms with Crippen LogP contribution in [0.2, 0.25) is 0 Å². The SMILES string of the molecule is Cc1cc(C)c(C)c(Oc2cccc(NN)n2)c1. The van der Waals surface area contributed by atoms with Gasteiger partial charge in [-0.3, -0.25) is 0 Å². The standard InChI is InChI=1S/C14H17N3O/c1-9-7-10(2)11(3)12(8-9)18-14-6-4-5-13(16-14)17-15/h4-8H,15H2,1-3H3,(H,16,17). The van der Waals surface area contributed by atoms with Gasteiger partial charge < -0.3 is 10.2 Å². The lowest BCUT2D eigenvalue weighted by atomic mass is 10.1. The van der Waals surface area contributed by atoms with E-state index in [1.54, 1.807) is 12.1 Å². The highest BCUT2D eigenvalue weighted by atomic mass is 16.5. The first kappa shape index (κ1) is 12.4. The topological polar surface area (TPSA) is 60.2 Å². The summed E-state index contributed by atoms with van der Waals surface area (Å²) in [6, 6.07) is 9.56. The highest BCUT2D eigenvalue weighted by Crippen LogP contribution is 2.27. The third-order valence-corrected chi connectivity index (χ3v) is 2.85. The lowest BCUT2D eigenvalue weighted by molar-refractivity contribution is 0.459. The Balaban J connectivity index is 2.33. The van der Waals surface area contributed by atoms with Crippen LogP contribution >= 0.6 is 0 Å². The zero-order valence-electron chi connectivity index (χ0n) is 10.8. The lowest BCUT2D eigenvalue weighted by Gasteiger charge is -2.11. The number of nitrogen functional groups attached to an aromatic ring is 1. The van der Waals surface area contributed by atoms with Crippen LogP contribution in [-0.4, -0.2) is 4.98 Å². The predicted octanol–water partition coefficient (Wildman–Crippen LogP) is 3.08. The van der Waals surface area contributed by atoms with E-state index in [-0.39, 0.29) is 0 Å². The fourth-order valence-electron chi connectivity index (χ4n) is 1.77. The molecule has 0 spiro atoms. The maximum Gasteiger partial charge on any atom is 0.221 e. The molecule has 0 aliphatic rings. The number of benzene rings is 1. The first-order valence-electron chi connectivity index (χ1n) is 5.79. The van der Waals surface area contributed by atoms with Gasteiger partial charge in [0, 0.05) is 6.07 Å². The zero-order chi connectivity index (χ0) is 13.1. The summed E-state index contributed by atoms with van der Waals surface area (Å²) in [5.74, 6) is 7.25. The van der Waals surface area contributed by atoms with Gasteiger partial charge in [0.2, 0.25) is 5.88 Å². The van der Waals surface area contributed by atoms with Crippen LogP contribution in [0.1, 0.15) is 16.7 Å². The number of ether oxygens (including phenoxy) is 1. The summed E-state index contributed by atoms with van der Waals surface area (Å²) in [6.45, 7) is 6.15. The Labute approximate surface area is 107 Å². The highest BCUT2D eigenvalue weighted by Gasteiger charge is 2.06. The largest absolute Gasteiger partial charge is 0.439 e. The molecule has 1 aromatic carbocycles. The number of aromatic nitrogens is 1. The van der Waals surface area contributed by atoms with Gasteiger partial charge in [0.1, 0.15) is 11.6 Å². The van der Waals surface area contributed by atoms with Crippen molar-refractivity contribution in [2.45, 2.75) is 20.8 Å². The van der Waals surface area contributed by atoms with E-state index in [0.29, 0.717) is 11.7 Å². The third-order valence-electron chi connectivity index (χ3n) is 2.85. The molecular weight excluding hydrogens is 226 g/mol. The van der Waals surface area contributed by atoms with Crippen LogP contribution in [0.25, 0.3) is 0 Å². The molecule has 2 aromatic rings. The molecule has 3 N–H and O–H groups in total. The van der Waals surface area contributed by atoms with Crippen molar-refractivity contribution in [3.05, 3.63) is 47.0 Å². The summed E-state index contributed by atoms with van der Waals surface area (Å²) in [5.41, 5.74) is 5.99. The normalized spacial score (nSPS) is 10.2. The monoisotopic (exact) mass is 243 g/mol. The maximum atomic E-state index is 5.81. The molecule has 0 fully saturated rings. The second kappa shape index (κ2) is 5.06. The van der Waals surface area contributed by atoms with E-state index < -0.39 is 0 Å². The Morgan fingerprint density at radius 2 is 1.94 bits per heavy atom. The molecule has 1 aromatic heterocycles. The predicted molar refractivity (Wildman–Crippen MR) is 72.8 cm³/mol. The van der Waals surface area contributed by atoms with E-state index >= 15 is 0 Å². The average Bonchev–Trinajstić information content (AvgIpc) is 2.35. The van der Waals surface area contributed by atoms with Crippen molar-refractivity contribution < 1.29 is 4.74 Å². The molecule has 4 heteroatoms. The smallest absolute Gasteiger partial charge is 0.221 e. The summed E-state index contributed by atoms with van der Waals surface area (Å²) >= 11 is 0. The van der Waals surface area contributed by atoms with Crippen molar-refractivity contribution in [3.8, 4) is 11.6 Å². The summed E-state index contributed by atoms with van der Waals surface area (Å²) in [4.78, 5) is 4.23. The minimum Gasteiger partial charge on any atom is -0.439 e. The molecule has 0 radical (unpaired) electrons. The number of hydrazine groups is 1. The second-order valence-corrected chi connectivity index (χ2v) is 4.31. The van der Waals surface area contributed by atoms with Crippen LogP contribution in [-0.2, 0) is 0 Å². The molecule has 4 nitrogen and oxygen atoms in total. The Hall–Kier alpha value is -2.07. The minimum atomic E-state index is 0.526. The number of anilines is 1. The molecule has 0 saturated heterocycles. The molecule has 0 aliphatic heterocycles. The Bertz CT molecular complexity index is 567. The van der Waals surface area contributed by atoms with Gasteiger partial charge in [0.15, 0.2) is 0 Å². The van der Waals surface area contributed by atoms with Gasteiger partial charge in [-0.15, -0.1) is 0 Å². The molecule has 2 rings (SSSR count).